The number of benzene rings is 1. The number of aryl methyl sites for hydroxylation is 2. The number of carbonyl (C=O) groups excluding carboxylic acids is 1. The first kappa shape index (κ1) is 19.3. The van der Waals surface area contributed by atoms with Gasteiger partial charge in [-0.15, -0.1) is 11.3 Å². The fraction of sp³-hybridized carbons (Fsp3) is 0.381. The maximum atomic E-state index is 12.9. The summed E-state index contributed by atoms with van der Waals surface area (Å²) in [4.78, 5) is 31.3. The van der Waals surface area contributed by atoms with E-state index in [9.17, 15) is 9.59 Å². The Morgan fingerprint density at radius 3 is 2.74 bits per heavy atom. The molecule has 1 aromatic carbocycles. The van der Waals surface area contributed by atoms with Crippen LogP contribution < -0.4 is 10.9 Å². The van der Waals surface area contributed by atoms with Gasteiger partial charge in [0.05, 0.1) is 16.6 Å². The molecule has 1 N–H and O–H groups in total. The first-order chi connectivity index (χ1) is 12.9. The molecule has 0 unspecified atom stereocenters. The largest absolute Gasteiger partial charge is 0.321 e. The van der Waals surface area contributed by atoms with Gasteiger partial charge in [0.25, 0.3) is 11.5 Å². The Bertz CT molecular complexity index is 1030. The van der Waals surface area contributed by atoms with Gasteiger partial charge in [0, 0.05) is 12.2 Å². The summed E-state index contributed by atoms with van der Waals surface area (Å²) in [6, 6.07) is 7.81. The number of thiophene rings is 1. The van der Waals surface area contributed by atoms with E-state index in [1.165, 1.54) is 11.3 Å². The molecule has 3 rings (SSSR count). The summed E-state index contributed by atoms with van der Waals surface area (Å²) in [5, 5.41) is 3.57. The number of rotatable bonds is 6. The lowest BCUT2D eigenvalue weighted by atomic mass is 10.0. The molecule has 5 nitrogen and oxygen atoms in total. The van der Waals surface area contributed by atoms with E-state index >= 15 is 0 Å². The SMILES string of the molecule is CCCCn1cnc2sc(C(=O)Nc3ccccc3C(C)C)c(C)c2c1=O. The zero-order valence-corrected chi connectivity index (χ0v) is 17.0. The lowest BCUT2D eigenvalue weighted by Crippen LogP contribution is -2.20. The highest BCUT2D eigenvalue weighted by molar-refractivity contribution is 7.20. The Balaban J connectivity index is 1.98. The molecule has 1 amide bonds. The van der Waals surface area contributed by atoms with Crippen LogP contribution in [0.5, 0.6) is 0 Å². The number of hydrogen-bond donors (Lipinski definition) is 1. The first-order valence-corrected chi connectivity index (χ1v) is 10.1. The molecule has 0 spiro atoms. The lowest BCUT2D eigenvalue weighted by molar-refractivity contribution is 0.103. The van der Waals surface area contributed by atoms with Crippen molar-refractivity contribution >= 4 is 33.1 Å². The predicted octanol–water partition coefficient (Wildman–Crippen LogP) is 4.94. The molecular weight excluding hydrogens is 358 g/mol. The van der Waals surface area contributed by atoms with E-state index in [1.807, 2.05) is 31.2 Å². The number of unbranched alkanes of at least 4 members (excludes halogenated alkanes) is 1. The highest BCUT2D eigenvalue weighted by atomic mass is 32.1. The van der Waals surface area contributed by atoms with Gasteiger partial charge in [-0.05, 0) is 36.5 Å². The number of aromatic nitrogens is 2. The van der Waals surface area contributed by atoms with Gasteiger partial charge in [-0.1, -0.05) is 45.4 Å². The average molecular weight is 384 g/mol. The van der Waals surface area contributed by atoms with Crippen LogP contribution in [0.4, 0.5) is 5.69 Å². The summed E-state index contributed by atoms with van der Waals surface area (Å²) in [6.07, 6.45) is 3.53. The fourth-order valence-corrected chi connectivity index (χ4v) is 4.19. The van der Waals surface area contributed by atoms with Crippen LogP contribution in [-0.4, -0.2) is 15.5 Å². The normalized spacial score (nSPS) is 11.3. The second-order valence-corrected chi connectivity index (χ2v) is 8.03. The van der Waals surface area contributed by atoms with Gasteiger partial charge in [0.2, 0.25) is 0 Å². The van der Waals surface area contributed by atoms with E-state index in [2.05, 4.69) is 31.1 Å². The third-order valence-electron chi connectivity index (χ3n) is 4.71. The van der Waals surface area contributed by atoms with Crippen LogP contribution in [0.3, 0.4) is 0 Å². The molecule has 6 heteroatoms. The number of para-hydroxylation sites is 1. The quantitative estimate of drug-likeness (QED) is 0.655. The number of amides is 1. The highest BCUT2D eigenvalue weighted by Gasteiger charge is 2.20. The minimum Gasteiger partial charge on any atom is -0.321 e. The Labute approximate surface area is 163 Å². The number of nitrogens with zero attached hydrogens (tertiary/aromatic N) is 2. The van der Waals surface area contributed by atoms with Gasteiger partial charge in [0.1, 0.15) is 4.83 Å². The second-order valence-electron chi connectivity index (χ2n) is 7.03. The van der Waals surface area contributed by atoms with Crippen LogP contribution in [0.25, 0.3) is 10.2 Å². The van der Waals surface area contributed by atoms with Crippen molar-refractivity contribution in [3.8, 4) is 0 Å². The van der Waals surface area contributed by atoms with Gasteiger partial charge in [-0.25, -0.2) is 4.98 Å². The summed E-state index contributed by atoms with van der Waals surface area (Å²) in [5.74, 6) is 0.112. The molecule has 2 heterocycles. The first-order valence-electron chi connectivity index (χ1n) is 9.32. The minimum atomic E-state index is -0.192. The van der Waals surface area contributed by atoms with Crippen LogP contribution in [-0.2, 0) is 6.54 Å². The van der Waals surface area contributed by atoms with E-state index in [-0.39, 0.29) is 11.5 Å². The molecule has 27 heavy (non-hydrogen) atoms. The van der Waals surface area contributed by atoms with E-state index in [4.69, 9.17) is 0 Å². The van der Waals surface area contributed by atoms with Crippen molar-refractivity contribution in [2.45, 2.75) is 53.0 Å². The van der Waals surface area contributed by atoms with Crippen molar-refractivity contribution in [1.82, 2.24) is 9.55 Å². The number of fused-ring (bicyclic) bond motifs is 1. The monoisotopic (exact) mass is 383 g/mol. The Hall–Kier alpha value is -2.47. The molecule has 0 aliphatic carbocycles. The average Bonchev–Trinajstić information content (AvgIpc) is 2.99. The number of anilines is 1. The Morgan fingerprint density at radius 2 is 2.04 bits per heavy atom. The number of nitrogens with one attached hydrogen (secondary N) is 1. The molecule has 0 aliphatic heterocycles. The fourth-order valence-electron chi connectivity index (χ4n) is 3.16. The maximum absolute atomic E-state index is 12.9. The molecule has 0 fully saturated rings. The number of hydrogen-bond acceptors (Lipinski definition) is 4. The zero-order chi connectivity index (χ0) is 19.6. The molecule has 142 valence electrons. The Morgan fingerprint density at radius 1 is 1.30 bits per heavy atom. The standard InChI is InChI=1S/C21H25N3O2S/c1-5-6-11-24-12-22-20-17(21(24)26)14(4)18(27-20)19(25)23-16-10-8-7-9-15(16)13(2)3/h7-10,12-13H,5-6,11H2,1-4H3,(H,23,25). The van der Waals surface area contributed by atoms with Gasteiger partial charge in [-0.3, -0.25) is 14.2 Å². The summed E-state index contributed by atoms with van der Waals surface area (Å²) < 4.78 is 1.64. The van der Waals surface area contributed by atoms with Crippen LogP contribution in [0.1, 0.15) is 60.3 Å². The van der Waals surface area contributed by atoms with Gasteiger partial charge >= 0.3 is 0 Å². The Kier molecular flexibility index (Phi) is 5.75. The van der Waals surface area contributed by atoms with E-state index in [0.717, 1.165) is 24.1 Å². The third kappa shape index (κ3) is 3.81. The van der Waals surface area contributed by atoms with Gasteiger partial charge in [-0.2, -0.15) is 0 Å². The van der Waals surface area contributed by atoms with E-state index in [1.54, 1.807) is 10.9 Å². The summed E-state index contributed by atoms with van der Waals surface area (Å²) >= 11 is 1.28. The third-order valence-corrected chi connectivity index (χ3v) is 5.91. The molecule has 0 radical (unpaired) electrons. The van der Waals surface area contributed by atoms with Crippen LogP contribution in [0, 0.1) is 6.92 Å². The molecule has 0 bridgehead atoms. The summed E-state index contributed by atoms with van der Waals surface area (Å²) in [5.41, 5.74) is 2.54. The van der Waals surface area contributed by atoms with Gasteiger partial charge < -0.3 is 5.32 Å². The molecule has 0 saturated heterocycles. The molecule has 0 atom stereocenters. The van der Waals surface area contributed by atoms with Crippen molar-refractivity contribution < 1.29 is 4.79 Å². The molecule has 0 aliphatic rings. The second kappa shape index (κ2) is 8.05. The molecule has 0 saturated carbocycles. The van der Waals surface area contributed by atoms with Crippen LogP contribution in [0.15, 0.2) is 35.4 Å². The minimum absolute atomic E-state index is 0.0659. The smallest absolute Gasteiger partial charge is 0.266 e. The summed E-state index contributed by atoms with van der Waals surface area (Å²) in [7, 11) is 0. The lowest BCUT2D eigenvalue weighted by Gasteiger charge is -2.13. The van der Waals surface area contributed by atoms with Crippen molar-refractivity contribution in [1.29, 1.82) is 0 Å². The zero-order valence-electron chi connectivity index (χ0n) is 16.2. The molecule has 3 aromatic rings. The van der Waals surface area contributed by atoms with E-state index < -0.39 is 0 Å². The maximum Gasteiger partial charge on any atom is 0.266 e. The van der Waals surface area contributed by atoms with E-state index in [0.29, 0.717) is 33.1 Å². The van der Waals surface area contributed by atoms with Crippen LogP contribution in [0.2, 0.25) is 0 Å². The van der Waals surface area contributed by atoms with Gasteiger partial charge in [0.15, 0.2) is 0 Å². The highest BCUT2D eigenvalue weighted by Crippen LogP contribution is 2.29. The van der Waals surface area contributed by atoms with Crippen molar-refractivity contribution in [3.05, 3.63) is 57.0 Å². The molecular formula is C21H25N3O2S. The molecule has 2 aromatic heterocycles. The van der Waals surface area contributed by atoms with Crippen LogP contribution >= 0.6 is 11.3 Å². The van der Waals surface area contributed by atoms with Crippen molar-refractivity contribution in [2.24, 2.45) is 0 Å². The van der Waals surface area contributed by atoms with Crippen molar-refractivity contribution in [2.75, 3.05) is 5.32 Å². The predicted molar refractivity (Wildman–Crippen MR) is 112 cm³/mol. The summed E-state index contributed by atoms with van der Waals surface area (Å²) in [6.45, 7) is 8.76. The topological polar surface area (TPSA) is 64.0 Å². The van der Waals surface area contributed by atoms with Crippen molar-refractivity contribution in [3.63, 3.8) is 0 Å². The number of carbonyl (C=O) groups is 1.